The van der Waals surface area contributed by atoms with E-state index in [1.807, 2.05) is 0 Å². The maximum atomic E-state index is 12.3. The number of carbonyl (C=O) groups is 1. The third kappa shape index (κ3) is 3.34. The summed E-state index contributed by atoms with van der Waals surface area (Å²) in [7, 11) is -3.11. The second-order valence-electron chi connectivity index (χ2n) is 4.54. The molecule has 0 bridgehead atoms. The summed E-state index contributed by atoms with van der Waals surface area (Å²) in [5.74, 6) is -1.28. The topological polar surface area (TPSA) is 79.6 Å². The fraction of sp³-hybridized carbons (Fsp3) is 0.545. The first-order valence-corrected chi connectivity index (χ1v) is 7.21. The molecule has 0 unspecified atom stereocenters. The van der Waals surface area contributed by atoms with Gasteiger partial charge in [0.25, 0.3) is 6.43 Å². The summed E-state index contributed by atoms with van der Waals surface area (Å²) >= 11 is 0. The second kappa shape index (κ2) is 5.88. The number of rotatable bonds is 6. The number of alkyl halides is 2. The quantitative estimate of drug-likeness (QED) is 0.866. The molecular weight excluding hydrogens is 294 g/mol. The van der Waals surface area contributed by atoms with Gasteiger partial charge in [-0.3, -0.25) is 0 Å². The predicted molar refractivity (Wildman–Crippen MR) is 67.6 cm³/mol. The molecule has 1 N–H and O–H groups in total. The largest absolute Gasteiger partial charge is 0.477 e. The zero-order chi connectivity index (χ0) is 15.7. The van der Waals surface area contributed by atoms with Crippen LogP contribution in [0.15, 0.2) is 17.2 Å². The fourth-order valence-electron chi connectivity index (χ4n) is 1.67. The molecule has 1 aromatic heterocycles. The summed E-state index contributed by atoms with van der Waals surface area (Å²) in [5.41, 5.74) is -0.205. The van der Waals surface area contributed by atoms with Crippen molar-refractivity contribution >= 4 is 16.0 Å². The third-order valence-corrected chi connectivity index (χ3v) is 4.49. The standard InChI is InChI=1S/C11H16F2N2O4S/c1-7(2)15-5-8(4-9(15)11(16)17)20(18,19)14(3)6-10(12)13/h4-5,7,10H,6H2,1-3H3,(H,16,17). The van der Waals surface area contributed by atoms with Crippen molar-refractivity contribution in [2.45, 2.75) is 31.2 Å². The Morgan fingerprint density at radius 2 is 2.00 bits per heavy atom. The molecule has 0 aromatic carbocycles. The predicted octanol–water partition coefficient (Wildman–Crippen LogP) is 1.65. The van der Waals surface area contributed by atoms with Gasteiger partial charge < -0.3 is 9.67 Å². The van der Waals surface area contributed by atoms with Crippen LogP contribution in [0.4, 0.5) is 8.78 Å². The zero-order valence-electron chi connectivity index (χ0n) is 11.2. The first kappa shape index (κ1) is 16.6. The molecule has 0 atom stereocenters. The van der Waals surface area contributed by atoms with E-state index in [0.717, 1.165) is 19.3 Å². The molecule has 114 valence electrons. The van der Waals surface area contributed by atoms with Gasteiger partial charge in [0.2, 0.25) is 10.0 Å². The van der Waals surface area contributed by atoms with Crippen molar-refractivity contribution in [3.05, 3.63) is 18.0 Å². The fourth-order valence-corrected chi connectivity index (χ4v) is 2.84. The maximum Gasteiger partial charge on any atom is 0.352 e. The molecule has 0 fully saturated rings. The average molecular weight is 310 g/mol. The lowest BCUT2D eigenvalue weighted by molar-refractivity contribution is 0.0683. The highest BCUT2D eigenvalue weighted by Crippen LogP contribution is 2.22. The number of aromatic carboxylic acids is 1. The van der Waals surface area contributed by atoms with Crippen LogP contribution in [0, 0.1) is 0 Å². The van der Waals surface area contributed by atoms with Crippen LogP contribution in [0.3, 0.4) is 0 Å². The van der Waals surface area contributed by atoms with E-state index in [4.69, 9.17) is 5.11 Å². The Bertz CT molecular complexity index is 596. The van der Waals surface area contributed by atoms with Gasteiger partial charge in [-0.1, -0.05) is 0 Å². The Hall–Kier alpha value is -1.48. The third-order valence-electron chi connectivity index (χ3n) is 2.70. The Morgan fingerprint density at radius 3 is 2.35 bits per heavy atom. The van der Waals surface area contributed by atoms with Crippen LogP contribution in [0.2, 0.25) is 0 Å². The lowest BCUT2D eigenvalue weighted by atomic mass is 10.3. The Balaban J connectivity index is 3.26. The maximum absolute atomic E-state index is 12.3. The van der Waals surface area contributed by atoms with Gasteiger partial charge in [0.15, 0.2) is 0 Å². The van der Waals surface area contributed by atoms with E-state index in [2.05, 4.69) is 0 Å². The van der Waals surface area contributed by atoms with Crippen LogP contribution < -0.4 is 0 Å². The number of carboxylic acids is 1. The molecule has 9 heteroatoms. The van der Waals surface area contributed by atoms with Crippen molar-refractivity contribution in [2.75, 3.05) is 13.6 Å². The first-order valence-electron chi connectivity index (χ1n) is 5.77. The first-order chi connectivity index (χ1) is 9.07. The Labute approximate surface area is 115 Å². The van der Waals surface area contributed by atoms with E-state index >= 15 is 0 Å². The van der Waals surface area contributed by atoms with Crippen LogP contribution in [0.5, 0.6) is 0 Å². The number of hydrogen-bond acceptors (Lipinski definition) is 3. The molecule has 0 aliphatic carbocycles. The van der Waals surface area contributed by atoms with Crippen LogP contribution in [0.25, 0.3) is 0 Å². The van der Waals surface area contributed by atoms with Gasteiger partial charge in [0.05, 0.1) is 6.54 Å². The van der Waals surface area contributed by atoms with Gasteiger partial charge in [0, 0.05) is 19.3 Å². The average Bonchev–Trinajstić information content (AvgIpc) is 2.73. The number of nitrogens with zero attached hydrogens (tertiary/aromatic N) is 2. The number of hydrogen-bond donors (Lipinski definition) is 1. The lowest BCUT2D eigenvalue weighted by Gasteiger charge is -2.15. The molecule has 1 heterocycles. The summed E-state index contributed by atoms with van der Waals surface area (Å²) in [6.45, 7) is 2.43. The molecule has 0 saturated carbocycles. The summed E-state index contributed by atoms with van der Waals surface area (Å²) in [4.78, 5) is 10.8. The summed E-state index contributed by atoms with van der Waals surface area (Å²) in [6.07, 6.45) is -1.66. The molecular formula is C11H16F2N2O4S. The summed E-state index contributed by atoms with van der Waals surface area (Å²) in [5, 5.41) is 9.03. The van der Waals surface area contributed by atoms with Crippen molar-refractivity contribution in [1.82, 2.24) is 8.87 Å². The van der Waals surface area contributed by atoms with Crippen molar-refractivity contribution in [3.8, 4) is 0 Å². The number of aromatic nitrogens is 1. The molecule has 1 rings (SSSR count). The second-order valence-corrected chi connectivity index (χ2v) is 6.59. The van der Waals surface area contributed by atoms with Gasteiger partial charge in [-0.15, -0.1) is 0 Å². The van der Waals surface area contributed by atoms with Crippen molar-refractivity contribution in [1.29, 1.82) is 0 Å². The van der Waals surface area contributed by atoms with Crippen molar-refractivity contribution in [3.63, 3.8) is 0 Å². The molecule has 0 amide bonds. The van der Waals surface area contributed by atoms with Gasteiger partial charge in [0.1, 0.15) is 10.6 Å². The molecule has 0 spiro atoms. The zero-order valence-corrected chi connectivity index (χ0v) is 12.1. The highest BCUT2D eigenvalue weighted by atomic mass is 32.2. The van der Waals surface area contributed by atoms with Crippen molar-refractivity contribution < 1.29 is 27.1 Å². The normalized spacial score (nSPS) is 12.6. The van der Waals surface area contributed by atoms with E-state index in [0.29, 0.717) is 4.31 Å². The highest BCUT2D eigenvalue weighted by molar-refractivity contribution is 7.89. The number of sulfonamides is 1. The highest BCUT2D eigenvalue weighted by Gasteiger charge is 2.27. The minimum absolute atomic E-state index is 0.205. The van der Waals surface area contributed by atoms with Crippen LogP contribution in [-0.2, 0) is 10.0 Å². The SMILES string of the molecule is CC(C)n1cc(S(=O)(=O)N(C)CC(F)F)cc1C(=O)O. The van der Waals surface area contributed by atoms with E-state index in [9.17, 15) is 22.0 Å². The van der Waals surface area contributed by atoms with Crippen molar-refractivity contribution in [2.24, 2.45) is 0 Å². The minimum Gasteiger partial charge on any atom is -0.477 e. The van der Waals surface area contributed by atoms with Gasteiger partial charge in [-0.05, 0) is 19.9 Å². The number of halogens is 2. The van der Waals surface area contributed by atoms with Gasteiger partial charge >= 0.3 is 5.97 Å². The Morgan fingerprint density at radius 1 is 1.45 bits per heavy atom. The molecule has 0 aliphatic heterocycles. The van der Waals surface area contributed by atoms with Crippen LogP contribution in [-0.4, -0.2) is 48.4 Å². The Kier molecular flexibility index (Phi) is 4.87. The summed E-state index contributed by atoms with van der Waals surface area (Å²) < 4.78 is 50.4. The number of carboxylic acid groups (broad SMARTS) is 1. The van der Waals surface area contributed by atoms with E-state index in [1.165, 1.54) is 4.57 Å². The lowest BCUT2D eigenvalue weighted by Crippen LogP contribution is -2.31. The monoisotopic (exact) mass is 310 g/mol. The van der Waals surface area contributed by atoms with Crippen LogP contribution >= 0.6 is 0 Å². The molecule has 0 radical (unpaired) electrons. The van der Waals surface area contributed by atoms with E-state index in [-0.39, 0.29) is 16.6 Å². The molecule has 0 saturated heterocycles. The smallest absolute Gasteiger partial charge is 0.352 e. The molecule has 6 nitrogen and oxygen atoms in total. The van der Waals surface area contributed by atoms with Gasteiger partial charge in [-0.2, -0.15) is 4.31 Å². The minimum atomic E-state index is -4.13. The van der Waals surface area contributed by atoms with E-state index < -0.39 is 29.0 Å². The van der Waals surface area contributed by atoms with Crippen LogP contribution in [0.1, 0.15) is 30.4 Å². The molecule has 0 aliphatic rings. The molecule has 1 aromatic rings. The van der Waals surface area contributed by atoms with E-state index in [1.54, 1.807) is 13.8 Å². The summed E-state index contributed by atoms with van der Waals surface area (Å²) in [6, 6.07) is 0.699. The molecule has 20 heavy (non-hydrogen) atoms. The van der Waals surface area contributed by atoms with Gasteiger partial charge in [-0.25, -0.2) is 22.0 Å².